The molecular formula is C11H12ClNO2. The van der Waals surface area contributed by atoms with Gasteiger partial charge in [-0.2, -0.15) is 0 Å². The maximum atomic E-state index is 11.6. The van der Waals surface area contributed by atoms with E-state index in [4.69, 9.17) is 16.3 Å². The molecule has 4 heteroatoms. The first-order valence-electron chi connectivity index (χ1n) is 4.79. The minimum absolute atomic E-state index is 0.0513. The smallest absolute Gasteiger partial charge is 0.230 e. The van der Waals surface area contributed by atoms with Crippen molar-refractivity contribution >= 4 is 23.2 Å². The Hall–Kier alpha value is -1.22. The van der Waals surface area contributed by atoms with E-state index in [9.17, 15) is 4.79 Å². The number of amides is 1. The highest BCUT2D eigenvalue weighted by atomic mass is 35.5. The Morgan fingerprint density at radius 1 is 1.47 bits per heavy atom. The summed E-state index contributed by atoms with van der Waals surface area (Å²) in [6.07, 6.45) is 0.405. The molecule has 3 nitrogen and oxygen atoms in total. The average molecular weight is 226 g/mol. The molecule has 0 radical (unpaired) electrons. The molecule has 0 bridgehead atoms. The number of rotatable bonds is 0. The van der Waals surface area contributed by atoms with E-state index in [-0.39, 0.29) is 5.91 Å². The summed E-state index contributed by atoms with van der Waals surface area (Å²) < 4.78 is 5.55. The molecule has 1 aromatic rings. The van der Waals surface area contributed by atoms with Gasteiger partial charge in [0.25, 0.3) is 0 Å². The highest BCUT2D eigenvalue weighted by Gasteiger charge is 2.21. The number of carbonyl (C=O) groups is 1. The van der Waals surface area contributed by atoms with Gasteiger partial charge in [-0.3, -0.25) is 4.79 Å². The van der Waals surface area contributed by atoms with Crippen LogP contribution in [0.5, 0.6) is 5.75 Å². The van der Waals surface area contributed by atoms with Gasteiger partial charge < -0.3 is 9.64 Å². The normalized spacial score (nSPS) is 15.7. The molecule has 1 amide bonds. The summed E-state index contributed by atoms with van der Waals surface area (Å²) in [6.45, 7) is 2.35. The zero-order valence-corrected chi connectivity index (χ0v) is 9.47. The van der Waals surface area contributed by atoms with Crippen molar-refractivity contribution in [1.29, 1.82) is 0 Å². The fraction of sp³-hybridized carbons (Fsp3) is 0.364. The Labute approximate surface area is 93.6 Å². The molecule has 1 aromatic carbocycles. The third kappa shape index (κ3) is 1.79. The summed E-state index contributed by atoms with van der Waals surface area (Å²) >= 11 is 5.95. The Kier molecular flexibility index (Phi) is 2.57. The second-order valence-electron chi connectivity index (χ2n) is 3.62. The van der Waals surface area contributed by atoms with Gasteiger partial charge in [-0.1, -0.05) is 11.6 Å². The molecule has 0 aliphatic carbocycles. The van der Waals surface area contributed by atoms with E-state index in [2.05, 4.69) is 0 Å². The summed E-state index contributed by atoms with van der Waals surface area (Å²) in [5, 5.41) is 0.622. The van der Waals surface area contributed by atoms with Crippen LogP contribution in [0.2, 0.25) is 5.02 Å². The van der Waals surface area contributed by atoms with Crippen LogP contribution < -0.4 is 9.64 Å². The van der Waals surface area contributed by atoms with Crippen molar-refractivity contribution in [3.8, 4) is 5.75 Å². The van der Waals surface area contributed by atoms with Crippen LogP contribution in [-0.2, 0) is 4.79 Å². The lowest BCUT2D eigenvalue weighted by Crippen LogP contribution is -2.25. The van der Waals surface area contributed by atoms with E-state index in [0.717, 1.165) is 17.0 Å². The van der Waals surface area contributed by atoms with E-state index < -0.39 is 0 Å². The fourth-order valence-electron chi connectivity index (χ4n) is 1.69. The molecule has 1 aliphatic rings. The van der Waals surface area contributed by atoms with Crippen molar-refractivity contribution < 1.29 is 9.53 Å². The number of aryl methyl sites for hydroxylation is 1. The fourth-order valence-corrected chi connectivity index (χ4v) is 1.96. The number of nitrogens with zero attached hydrogens (tertiary/aromatic N) is 1. The molecule has 0 saturated carbocycles. The quantitative estimate of drug-likeness (QED) is 0.679. The lowest BCUT2D eigenvalue weighted by molar-refractivity contribution is -0.118. The number of carbonyl (C=O) groups excluding carboxylic acids is 1. The third-order valence-electron chi connectivity index (χ3n) is 2.52. The van der Waals surface area contributed by atoms with Gasteiger partial charge in [-0.15, -0.1) is 0 Å². The molecule has 0 saturated heterocycles. The molecule has 80 valence electrons. The van der Waals surface area contributed by atoms with E-state index in [1.54, 1.807) is 18.0 Å². The van der Waals surface area contributed by atoms with Gasteiger partial charge in [0.05, 0.1) is 18.7 Å². The summed E-state index contributed by atoms with van der Waals surface area (Å²) in [7, 11) is 1.74. The predicted octanol–water partition coefficient (Wildman–Crippen LogP) is 2.39. The van der Waals surface area contributed by atoms with Gasteiger partial charge in [0, 0.05) is 12.1 Å². The number of benzene rings is 1. The largest absolute Gasteiger partial charge is 0.491 e. The van der Waals surface area contributed by atoms with Gasteiger partial charge in [0.1, 0.15) is 5.75 Å². The highest BCUT2D eigenvalue weighted by molar-refractivity contribution is 6.31. The van der Waals surface area contributed by atoms with Crippen LogP contribution >= 0.6 is 11.6 Å². The zero-order valence-electron chi connectivity index (χ0n) is 8.71. The Morgan fingerprint density at radius 2 is 2.20 bits per heavy atom. The van der Waals surface area contributed by atoms with E-state index in [0.29, 0.717) is 18.1 Å². The number of anilines is 1. The van der Waals surface area contributed by atoms with Gasteiger partial charge in [0.15, 0.2) is 0 Å². The van der Waals surface area contributed by atoms with Gasteiger partial charge in [-0.25, -0.2) is 0 Å². The maximum Gasteiger partial charge on any atom is 0.230 e. The minimum Gasteiger partial charge on any atom is -0.491 e. The Morgan fingerprint density at radius 3 is 2.93 bits per heavy atom. The van der Waals surface area contributed by atoms with Crippen LogP contribution in [0.3, 0.4) is 0 Å². The summed E-state index contributed by atoms with van der Waals surface area (Å²) in [5.41, 5.74) is 1.71. The topological polar surface area (TPSA) is 29.5 Å². The van der Waals surface area contributed by atoms with Crippen molar-refractivity contribution in [2.75, 3.05) is 18.6 Å². The van der Waals surface area contributed by atoms with E-state index in [1.165, 1.54) is 0 Å². The van der Waals surface area contributed by atoms with Crippen LogP contribution in [0.25, 0.3) is 0 Å². The highest BCUT2D eigenvalue weighted by Crippen LogP contribution is 2.36. The SMILES string of the molecule is Cc1cc(Cl)cc2c1OCCC(=O)N2C. The number of hydrogen-bond acceptors (Lipinski definition) is 2. The molecule has 0 unspecified atom stereocenters. The number of hydrogen-bond donors (Lipinski definition) is 0. The summed E-state index contributed by atoms with van der Waals surface area (Å²) in [5.74, 6) is 0.808. The summed E-state index contributed by atoms with van der Waals surface area (Å²) in [6, 6.07) is 3.59. The monoisotopic (exact) mass is 225 g/mol. The molecule has 1 aliphatic heterocycles. The first-order chi connectivity index (χ1) is 7.09. The molecule has 1 heterocycles. The molecule has 2 rings (SSSR count). The van der Waals surface area contributed by atoms with Gasteiger partial charge in [-0.05, 0) is 24.6 Å². The predicted molar refractivity (Wildman–Crippen MR) is 59.7 cm³/mol. The lowest BCUT2D eigenvalue weighted by atomic mass is 10.2. The molecular weight excluding hydrogens is 214 g/mol. The maximum absolute atomic E-state index is 11.6. The molecule has 15 heavy (non-hydrogen) atoms. The van der Waals surface area contributed by atoms with Crippen molar-refractivity contribution in [3.63, 3.8) is 0 Å². The second kappa shape index (κ2) is 3.74. The number of halogens is 1. The molecule has 0 N–H and O–H groups in total. The Balaban J connectivity index is 2.58. The van der Waals surface area contributed by atoms with Gasteiger partial charge in [0.2, 0.25) is 5.91 Å². The first kappa shape index (κ1) is 10.3. The molecule has 0 fully saturated rings. The van der Waals surface area contributed by atoms with Crippen LogP contribution in [0.4, 0.5) is 5.69 Å². The van der Waals surface area contributed by atoms with Crippen LogP contribution in [0.15, 0.2) is 12.1 Å². The van der Waals surface area contributed by atoms with E-state index in [1.807, 2.05) is 13.0 Å². The van der Waals surface area contributed by atoms with E-state index >= 15 is 0 Å². The zero-order chi connectivity index (χ0) is 11.0. The molecule has 0 atom stereocenters. The lowest BCUT2D eigenvalue weighted by Gasteiger charge is -2.17. The van der Waals surface area contributed by atoms with Crippen LogP contribution in [0.1, 0.15) is 12.0 Å². The summed E-state index contributed by atoms with van der Waals surface area (Å²) in [4.78, 5) is 13.2. The third-order valence-corrected chi connectivity index (χ3v) is 2.74. The average Bonchev–Trinajstić information content (AvgIpc) is 2.30. The van der Waals surface area contributed by atoms with Crippen molar-refractivity contribution in [3.05, 3.63) is 22.7 Å². The molecule has 0 spiro atoms. The van der Waals surface area contributed by atoms with Crippen LogP contribution in [-0.4, -0.2) is 19.6 Å². The number of fused-ring (bicyclic) bond motifs is 1. The Bertz CT molecular complexity index is 417. The minimum atomic E-state index is 0.0513. The van der Waals surface area contributed by atoms with Crippen LogP contribution in [0, 0.1) is 6.92 Å². The van der Waals surface area contributed by atoms with Crippen molar-refractivity contribution in [2.45, 2.75) is 13.3 Å². The standard InChI is InChI=1S/C11H12ClNO2/c1-7-5-8(12)6-9-11(7)15-4-3-10(14)13(9)2/h5-6H,3-4H2,1-2H3. The van der Waals surface area contributed by atoms with Crippen molar-refractivity contribution in [2.24, 2.45) is 0 Å². The number of ether oxygens (including phenoxy) is 1. The van der Waals surface area contributed by atoms with Crippen molar-refractivity contribution in [1.82, 2.24) is 0 Å². The molecule has 0 aromatic heterocycles. The first-order valence-corrected chi connectivity index (χ1v) is 5.17. The van der Waals surface area contributed by atoms with Gasteiger partial charge >= 0.3 is 0 Å². The second-order valence-corrected chi connectivity index (χ2v) is 4.06.